The van der Waals surface area contributed by atoms with Crippen LogP contribution in [0.1, 0.15) is 85.5 Å². The van der Waals surface area contributed by atoms with Crippen LogP contribution >= 0.6 is 0 Å². The second-order valence-electron chi connectivity index (χ2n) is 11.4. The van der Waals surface area contributed by atoms with Gasteiger partial charge in [0.05, 0.1) is 0 Å². The summed E-state index contributed by atoms with van der Waals surface area (Å²) >= 11 is 0. The minimum atomic E-state index is 0.241. The maximum Gasteiger partial charge on any atom is 0.225 e. The number of carbonyl (C=O) groups is 2. The summed E-state index contributed by atoms with van der Waals surface area (Å²) < 4.78 is 0. The predicted molar refractivity (Wildman–Crippen MR) is 122 cm³/mol. The molecule has 2 amide bonds. The van der Waals surface area contributed by atoms with Crippen molar-refractivity contribution in [3.63, 3.8) is 0 Å². The van der Waals surface area contributed by atoms with Crippen molar-refractivity contribution >= 4 is 11.8 Å². The van der Waals surface area contributed by atoms with E-state index in [-0.39, 0.29) is 11.3 Å². The summed E-state index contributed by atoms with van der Waals surface area (Å²) in [5.41, 5.74) is 0.286. The number of amides is 2. The number of nitrogens with zero attached hydrogens (tertiary/aromatic N) is 3. The van der Waals surface area contributed by atoms with Crippen molar-refractivity contribution in [2.45, 2.75) is 91.5 Å². The Hall–Kier alpha value is -1.10. The molecule has 3 fully saturated rings. The molecule has 0 bridgehead atoms. The van der Waals surface area contributed by atoms with Gasteiger partial charge >= 0.3 is 0 Å². The highest BCUT2D eigenvalue weighted by molar-refractivity contribution is 5.79. The third kappa shape index (κ3) is 6.70. The fraction of sp³-hybridized carbons (Fsp3) is 0.920. The van der Waals surface area contributed by atoms with Crippen molar-refractivity contribution in [3.8, 4) is 0 Å². The van der Waals surface area contributed by atoms with Gasteiger partial charge in [-0.2, -0.15) is 0 Å². The largest absolute Gasteiger partial charge is 0.343 e. The number of piperidine rings is 3. The molecule has 3 saturated heterocycles. The van der Waals surface area contributed by atoms with Crippen molar-refractivity contribution in [1.29, 1.82) is 0 Å². The molecular weight excluding hydrogens is 374 g/mol. The zero-order valence-electron chi connectivity index (χ0n) is 20.0. The van der Waals surface area contributed by atoms with Gasteiger partial charge in [0, 0.05) is 44.6 Å². The molecule has 0 saturated carbocycles. The summed E-state index contributed by atoms with van der Waals surface area (Å²) in [6.45, 7) is 14.8. The van der Waals surface area contributed by atoms with Crippen LogP contribution in [0.25, 0.3) is 0 Å². The molecule has 0 aliphatic carbocycles. The van der Waals surface area contributed by atoms with E-state index >= 15 is 0 Å². The highest BCUT2D eigenvalue weighted by atomic mass is 16.2. The van der Waals surface area contributed by atoms with E-state index in [1.165, 1.54) is 19.3 Å². The topological polar surface area (TPSA) is 43.9 Å². The van der Waals surface area contributed by atoms with Crippen LogP contribution in [0, 0.1) is 17.3 Å². The molecule has 3 aliphatic rings. The first-order valence-electron chi connectivity index (χ1n) is 12.5. The lowest BCUT2D eigenvalue weighted by molar-refractivity contribution is -0.139. The number of hydrogen-bond acceptors (Lipinski definition) is 3. The van der Waals surface area contributed by atoms with Gasteiger partial charge in [-0.1, -0.05) is 27.7 Å². The van der Waals surface area contributed by atoms with Gasteiger partial charge < -0.3 is 14.7 Å². The zero-order valence-corrected chi connectivity index (χ0v) is 20.0. The van der Waals surface area contributed by atoms with Crippen molar-refractivity contribution in [2.24, 2.45) is 17.3 Å². The Labute approximate surface area is 184 Å². The minimum absolute atomic E-state index is 0.241. The standard InChI is InChI=1S/C25H45N3O2/c1-20(19-25(2,3)4)18-23(29)27-16-10-22(11-17-27)26-14-8-21(9-15-26)24(30)28-12-6-5-7-13-28/h20-22H,5-19H2,1-4H3. The first-order chi connectivity index (χ1) is 14.2. The number of rotatable bonds is 5. The Bertz CT molecular complexity index is 563. The number of likely N-dealkylation sites (tertiary alicyclic amines) is 3. The average molecular weight is 420 g/mol. The Kier molecular flexibility index (Phi) is 8.23. The molecule has 0 aromatic heterocycles. The molecule has 5 nitrogen and oxygen atoms in total. The Balaban J connectivity index is 1.37. The lowest BCUT2D eigenvalue weighted by atomic mass is 9.84. The van der Waals surface area contributed by atoms with E-state index in [4.69, 9.17) is 0 Å². The first-order valence-corrected chi connectivity index (χ1v) is 12.5. The quantitative estimate of drug-likeness (QED) is 0.672. The van der Waals surface area contributed by atoms with Crippen LogP contribution in [0.2, 0.25) is 0 Å². The molecule has 3 rings (SSSR count). The Morgan fingerprint density at radius 3 is 2.00 bits per heavy atom. The average Bonchev–Trinajstić information content (AvgIpc) is 2.72. The highest BCUT2D eigenvalue weighted by Gasteiger charge is 2.33. The van der Waals surface area contributed by atoms with Gasteiger partial charge in [-0.15, -0.1) is 0 Å². The van der Waals surface area contributed by atoms with Crippen LogP contribution in [0.3, 0.4) is 0 Å². The lowest BCUT2D eigenvalue weighted by Crippen LogP contribution is -2.50. The molecular formula is C25H45N3O2. The smallest absolute Gasteiger partial charge is 0.225 e. The molecule has 30 heavy (non-hydrogen) atoms. The maximum absolute atomic E-state index is 12.8. The van der Waals surface area contributed by atoms with Crippen LogP contribution < -0.4 is 0 Å². The van der Waals surface area contributed by atoms with Crippen LogP contribution in [-0.2, 0) is 9.59 Å². The maximum atomic E-state index is 12.8. The molecule has 0 radical (unpaired) electrons. The van der Waals surface area contributed by atoms with E-state index in [0.717, 1.165) is 71.4 Å². The molecule has 0 aromatic carbocycles. The van der Waals surface area contributed by atoms with Crippen LogP contribution in [0.5, 0.6) is 0 Å². The van der Waals surface area contributed by atoms with Gasteiger partial charge in [0.15, 0.2) is 0 Å². The summed E-state index contributed by atoms with van der Waals surface area (Å²) in [5.74, 6) is 1.45. The van der Waals surface area contributed by atoms with Crippen molar-refractivity contribution < 1.29 is 9.59 Å². The van der Waals surface area contributed by atoms with E-state index in [1.807, 2.05) is 0 Å². The summed E-state index contributed by atoms with van der Waals surface area (Å²) in [6, 6.07) is 0.590. The summed E-state index contributed by atoms with van der Waals surface area (Å²) in [4.78, 5) is 32.3. The minimum Gasteiger partial charge on any atom is -0.343 e. The Morgan fingerprint density at radius 2 is 1.43 bits per heavy atom. The second-order valence-corrected chi connectivity index (χ2v) is 11.4. The van der Waals surface area contributed by atoms with E-state index in [9.17, 15) is 9.59 Å². The third-order valence-electron chi connectivity index (χ3n) is 7.36. The summed E-state index contributed by atoms with van der Waals surface area (Å²) in [6.07, 6.45) is 9.62. The van der Waals surface area contributed by atoms with Gasteiger partial charge in [0.1, 0.15) is 0 Å². The summed E-state index contributed by atoms with van der Waals surface area (Å²) in [5, 5.41) is 0. The molecule has 1 unspecified atom stereocenters. The molecule has 3 aliphatic heterocycles. The van der Waals surface area contributed by atoms with Crippen molar-refractivity contribution in [2.75, 3.05) is 39.3 Å². The van der Waals surface area contributed by atoms with Gasteiger partial charge in [-0.3, -0.25) is 9.59 Å². The summed E-state index contributed by atoms with van der Waals surface area (Å²) in [7, 11) is 0. The molecule has 0 spiro atoms. The van der Waals surface area contributed by atoms with Crippen LogP contribution in [0.15, 0.2) is 0 Å². The number of carbonyl (C=O) groups excluding carboxylic acids is 2. The molecule has 0 aromatic rings. The zero-order chi connectivity index (χ0) is 21.7. The van der Waals surface area contributed by atoms with Gasteiger partial charge in [-0.25, -0.2) is 0 Å². The van der Waals surface area contributed by atoms with Gasteiger partial charge in [-0.05, 0) is 75.8 Å². The fourth-order valence-corrected chi connectivity index (χ4v) is 5.91. The molecule has 5 heteroatoms. The lowest BCUT2D eigenvalue weighted by Gasteiger charge is -2.42. The van der Waals surface area contributed by atoms with Crippen LogP contribution in [-0.4, -0.2) is 71.8 Å². The van der Waals surface area contributed by atoms with E-state index in [1.54, 1.807) is 0 Å². The van der Waals surface area contributed by atoms with Crippen LogP contribution in [0.4, 0.5) is 0 Å². The normalized spacial score (nSPS) is 24.1. The van der Waals surface area contributed by atoms with E-state index in [0.29, 0.717) is 30.2 Å². The Morgan fingerprint density at radius 1 is 0.833 bits per heavy atom. The monoisotopic (exact) mass is 419 g/mol. The predicted octanol–water partition coefficient (Wildman–Crippen LogP) is 4.16. The van der Waals surface area contributed by atoms with E-state index in [2.05, 4.69) is 42.4 Å². The molecule has 172 valence electrons. The third-order valence-corrected chi connectivity index (χ3v) is 7.36. The van der Waals surface area contributed by atoms with Crippen molar-refractivity contribution in [3.05, 3.63) is 0 Å². The fourth-order valence-electron chi connectivity index (χ4n) is 5.91. The number of hydrogen-bond donors (Lipinski definition) is 0. The van der Waals surface area contributed by atoms with Crippen molar-refractivity contribution in [1.82, 2.24) is 14.7 Å². The van der Waals surface area contributed by atoms with E-state index < -0.39 is 0 Å². The second kappa shape index (κ2) is 10.5. The molecule has 3 heterocycles. The molecule has 0 N–H and O–H groups in total. The van der Waals surface area contributed by atoms with Gasteiger partial charge in [0.2, 0.25) is 11.8 Å². The highest BCUT2D eigenvalue weighted by Crippen LogP contribution is 2.28. The van der Waals surface area contributed by atoms with Gasteiger partial charge in [0.25, 0.3) is 0 Å². The first kappa shape index (κ1) is 23.6. The SMILES string of the molecule is CC(CC(=O)N1CCC(N2CCC(C(=O)N3CCCCC3)CC2)CC1)CC(C)(C)C. The molecule has 1 atom stereocenters.